The molecule has 0 amide bonds. The van der Waals surface area contributed by atoms with Gasteiger partial charge in [0.05, 0.1) is 18.7 Å². The van der Waals surface area contributed by atoms with Crippen molar-refractivity contribution in [2.24, 2.45) is 0 Å². The summed E-state index contributed by atoms with van der Waals surface area (Å²) in [6.07, 6.45) is 0.804. The number of carbonyl (C=O) groups is 1. The average Bonchev–Trinajstić information content (AvgIpc) is 2.94. The highest BCUT2D eigenvalue weighted by Crippen LogP contribution is 2.36. The first kappa shape index (κ1) is 21.3. The Morgan fingerprint density at radius 2 is 2.15 bits per heavy atom. The Bertz CT molecular complexity index is 821. The molecule has 0 spiro atoms. The molecule has 0 aliphatic heterocycles. The molecule has 8 nitrogen and oxygen atoms in total. The molecule has 0 radical (unpaired) electrons. The van der Waals surface area contributed by atoms with E-state index in [0.717, 1.165) is 0 Å². The maximum absolute atomic E-state index is 14.0. The van der Waals surface area contributed by atoms with Gasteiger partial charge in [-0.15, -0.1) is 4.72 Å². The third-order valence-corrected chi connectivity index (χ3v) is 5.43. The number of hydrogen-bond acceptors (Lipinski definition) is 7. The Morgan fingerprint density at radius 1 is 1.48 bits per heavy atom. The normalized spacial score (nSPS) is 14.2. The largest absolute Gasteiger partial charge is 0.598 e. The number of nitrogens with zero attached hydrogens (tertiary/aromatic N) is 2. The van der Waals surface area contributed by atoms with Gasteiger partial charge in [-0.3, -0.25) is 4.79 Å². The highest BCUT2D eigenvalue weighted by Gasteiger charge is 2.35. The minimum absolute atomic E-state index is 0.0592. The molecule has 0 saturated carbocycles. The Kier molecular flexibility index (Phi) is 6.58. The van der Waals surface area contributed by atoms with Gasteiger partial charge in [-0.25, -0.2) is 4.98 Å². The standard InChI is InChI=1S/C17H22FN3O5S/c1-9-14(10-5-6-19-16(18)11(10)8-22)15(26-20-9)12(7-13(23)24)21-27(25)17(2,3)4/h5-6,12,21-22H,7-8H2,1-4H3,(H,23,24)/t12?,27-/m0/s1. The number of carboxylic acids is 1. The number of halogens is 1. The topological polar surface area (TPSA) is 132 Å². The van der Waals surface area contributed by atoms with Gasteiger partial charge in [0.25, 0.3) is 0 Å². The molecule has 10 heteroatoms. The van der Waals surface area contributed by atoms with Crippen LogP contribution in [0.3, 0.4) is 0 Å². The van der Waals surface area contributed by atoms with Crippen molar-refractivity contribution in [2.45, 2.75) is 51.5 Å². The second-order valence-electron chi connectivity index (χ2n) is 6.94. The van der Waals surface area contributed by atoms with Crippen LogP contribution in [0.25, 0.3) is 11.1 Å². The van der Waals surface area contributed by atoms with Crippen LogP contribution in [0.4, 0.5) is 4.39 Å². The zero-order valence-corrected chi connectivity index (χ0v) is 16.3. The lowest BCUT2D eigenvalue weighted by molar-refractivity contribution is -0.137. The number of aliphatic carboxylic acids is 1. The number of pyridine rings is 1. The number of carboxylic acid groups (broad SMARTS) is 1. The molecule has 0 aromatic carbocycles. The Morgan fingerprint density at radius 3 is 2.70 bits per heavy atom. The molecule has 0 aliphatic rings. The van der Waals surface area contributed by atoms with Crippen molar-refractivity contribution in [1.29, 1.82) is 0 Å². The summed E-state index contributed by atoms with van der Waals surface area (Å²) in [5, 5.41) is 22.7. The van der Waals surface area contributed by atoms with Crippen LogP contribution in [0.15, 0.2) is 16.8 Å². The maximum Gasteiger partial charge on any atom is 0.305 e. The highest BCUT2D eigenvalue weighted by molar-refractivity contribution is 7.90. The zero-order valence-electron chi connectivity index (χ0n) is 15.4. The first-order valence-electron chi connectivity index (χ1n) is 8.16. The first-order valence-corrected chi connectivity index (χ1v) is 9.31. The van der Waals surface area contributed by atoms with Gasteiger partial charge >= 0.3 is 5.97 Å². The number of aromatic nitrogens is 2. The van der Waals surface area contributed by atoms with Gasteiger partial charge in [-0.2, -0.15) is 4.39 Å². The lowest BCUT2D eigenvalue weighted by atomic mass is 9.96. The molecule has 3 N–H and O–H groups in total. The molecule has 0 saturated heterocycles. The van der Waals surface area contributed by atoms with Crippen molar-refractivity contribution in [2.75, 3.05) is 0 Å². The fraction of sp³-hybridized carbons (Fsp3) is 0.471. The predicted molar refractivity (Wildman–Crippen MR) is 96.4 cm³/mol. The summed E-state index contributed by atoms with van der Waals surface area (Å²) >= 11 is -1.59. The fourth-order valence-corrected chi connectivity index (χ4v) is 3.28. The van der Waals surface area contributed by atoms with Crippen LogP contribution in [0.1, 0.15) is 50.3 Å². The van der Waals surface area contributed by atoms with Crippen LogP contribution in [-0.2, 0) is 22.8 Å². The number of aliphatic hydroxyl groups excluding tert-OH is 1. The molecule has 2 aromatic rings. The van der Waals surface area contributed by atoms with E-state index in [4.69, 9.17) is 4.52 Å². The number of aliphatic hydroxyl groups is 1. The highest BCUT2D eigenvalue weighted by atomic mass is 32.2. The lowest BCUT2D eigenvalue weighted by Gasteiger charge is -2.26. The van der Waals surface area contributed by atoms with Crippen LogP contribution >= 0.6 is 0 Å². The predicted octanol–water partition coefficient (Wildman–Crippen LogP) is 2.24. The molecule has 2 atom stereocenters. The van der Waals surface area contributed by atoms with Gasteiger partial charge in [0, 0.05) is 28.7 Å². The van der Waals surface area contributed by atoms with Gasteiger partial charge < -0.3 is 19.3 Å². The molecule has 0 fully saturated rings. The van der Waals surface area contributed by atoms with E-state index in [-0.39, 0.29) is 16.9 Å². The third-order valence-electron chi connectivity index (χ3n) is 3.82. The van der Waals surface area contributed by atoms with Gasteiger partial charge in [-0.1, -0.05) is 5.16 Å². The van der Waals surface area contributed by atoms with E-state index in [0.29, 0.717) is 11.3 Å². The third kappa shape index (κ3) is 4.83. The van der Waals surface area contributed by atoms with Crippen molar-refractivity contribution < 1.29 is 28.5 Å². The van der Waals surface area contributed by atoms with Crippen LogP contribution in [0, 0.1) is 12.9 Å². The monoisotopic (exact) mass is 399 g/mol. The van der Waals surface area contributed by atoms with E-state index in [2.05, 4.69) is 14.9 Å². The fourth-order valence-electron chi connectivity index (χ4n) is 2.47. The van der Waals surface area contributed by atoms with E-state index in [1.165, 1.54) is 12.3 Å². The summed E-state index contributed by atoms with van der Waals surface area (Å²) in [4.78, 5) is 14.9. The minimum atomic E-state index is -1.59. The molecule has 27 heavy (non-hydrogen) atoms. The SMILES string of the molecule is Cc1noc(C(CC(=O)O)N[S@@+]([O-])C(C)(C)C)c1-c1ccnc(F)c1CO. The van der Waals surface area contributed by atoms with Crippen molar-refractivity contribution in [1.82, 2.24) is 14.9 Å². The van der Waals surface area contributed by atoms with Crippen LogP contribution in [-0.4, -0.2) is 35.6 Å². The Balaban J connectivity index is 2.56. The Labute approximate surface area is 159 Å². The second kappa shape index (κ2) is 8.34. The van der Waals surface area contributed by atoms with Crippen molar-refractivity contribution >= 4 is 17.3 Å². The minimum Gasteiger partial charge on any atom is -0.598 e. The summed E-state index contributed by atoms with van der Waals surface area (Å²) in [7, 11) is 0. The molecule has 2 aromatic heterocycles. The van der Waals surface area contributed by atoms with Gasteiger partial charge in [0.1, 0.15) is 10.8 Å². The Hall–Kier alpha value is -2.01. The first-order chi connectivity index (χ1) is 12.6. The quantitative estimate of drug-likeness (QED) is 0.477. The molecular formula is C17H22FN3O5S. The van der Waals surface area contributed by atoms with Crippen LogP contribution < -0.4 is 4.72 Å². The smallest absolute Gasteiger partial charge is 0.305 e. The van der Waals surface area contributed by atoms with Crippen LogP contribution in [0.2, 0.25) is 0 Å². The molecular weight excluding hydrogens is 377 g/mol. The molecule has 2 heterocycles. The molecule has 148 valence electrons. The molecule has 2 rings (SSSR count). The summed E-state index contributed by atoms with van der Waals surface area (Å²) in [6, 6.07) is 0.512. The van der Waals surface area contributed by atoms with Gasteiger partial charge in [-0.05, 0) is 39.3 Å². The summed E-state index contributed by atoms with van der Waals surface area (Å²) in [5.74, 6) is -1.88. The van der Waals surface area contributed by atoms with Crippen LogP contribution in [0.5, 0.6) is 0 Å². The number of hydrogen-bond donors (Lipinski definition) is 3. The zero-order chi connectivity index (χ0) is 20.4. The number of nitrogens with one attached hydrogen (secondary N) is 1. The lowest BCUT2D eigenvalue weighted by Crippen LogP contribution is -2.41. The van der Waals surface area contributed by atoms with Crippen molar-refractivity contribution in [3.05, 3.63) is 35.2 Å². The number of aryl methyl sites for hydroxylation is 1. The average molecular weight is 399 g/mol. The maximum atomic E-state index is 14.0. The van der Waals surface area contributed by atoms with Gasteiger partial charge in [0.2, 0.25) is 5.95 Å². The van der Waals surface area contributed by atoms with E-state index < -0.39 is 47.1 Å². The van der Waals surface area contributed by atoms with E-state index in [1.807, 2.05) is 0 Å². The summed E-state index contributed by atoms with van der Waals surface area (Å²) in [6.45, 7) is 6.22. The second-order valence-corrected chi connectivity index (χ2v) is 8.94. The van der Waals surface area contributed by atoms with E-state index >= 15 is 0 Å². The van der Waals surface area contributed by atoms with E-state index in [9.17, 15) is 24.0 Å². The molecule has 0 bridgehead atoms. The van der Waals surface area contributed by atoms with Crippen molar-refractivity contribution in [3.63, 3.8) is 0 Å². The summed E-state index contributed by atoms with van der Waals surface area (Å²) < 4.78 is 33.9. The van der Waals surface area contributed by atoms with E-state index in [1.54, 1.807) is 27.7 Å². The molecule has 0 aliphatic carbocycles. The summed E-state index contributed by atoms with van der Waals surface area (Å²) in [5.41, 5.74) is 0.947. The molecule has 1 unspecified atom stereocenters. The van der Waals surface area contributed by atoms with Gasteiger partial charge in [0.15, 0.2) is 5.76 Å². The number of rotatable bonds is 7. The van der Waals surface area contributed by atoms with Crippen molar-refractivity contribution in [3.8, 4) is 11.1 Å².